The summed E-state index contributed by atoms with van der Waals surface area (Å²) in [6.45, 7) is 8.53. The van der Waals surface area contributed by atoms with E-state index < -0.39 is 0 Å². The van der Waals surface area contributed by atoms with Crippen LogP contribution in [0.25, 0.3) is 10.9 Å². The number of para-hydroxylation sites is 1. The number of carbonyl (C=O) groups is 1. The van der Waals surface area contributed by atoms with E-state index in [0.717, 1.165) is 28.5 Å². The van der Waals surface area contributed by atoms with E-state index >= 15 is 0 Å². The lowest BCUT2D eigenvalue weighted by molar-refractivity contribution is 0.101. The zero-order valence-electron chi connectivity index (χ0n) is 21.0. The highest BCUT2D eigenvalue weighted by atomic mass is 16.5. The van der Waals surface area contributed by atoms with Gasteiger partial charge in [0.2, 0.25) is 11.8 Å². The second-order valence-corrected chi connectivity index (χ2v) is 9.20. The Kier molecular flexibility index (Phi) is 6.39. The summed E-state index contributed by atoms with van der Waals surface area (Å²) in [6, 6.07) is 13.2. The van der Waals surface area contributed by atoms with E-state index in [2.05, 4.69) is 42.1 Å². The number of ether oxygens (including phenoxy) is 2. The van der Waals surface area contributed by atoms with Gasteiger partial charge in [0, 0.05) is 24.7 Å². The molecule has 3 N–H and O–H groups in total. The van der Waals surface area contributed by atoms with Crippen LogP contribution in [-0.2, 0) is 12.5 Å². The molecular weight excluding hydrogens is 442 g/mol. The lowest BCUT2D eigenvalue weighted by atomic mass is 9.81. The number of fused-ring (bicyclic) bond motifs is 1. The first-order chi connectivity index (χ1) is 16.6. The number of aryl methyl sites for hydroxylation is 2. The minimum atomic E-state index is -0.245. The zero-order valence-corrected chi connectivity index (χ0v) is 21.0. The van der Waals surface area contributed by atoms with Crippen LogP contribution in [0.5, 0.6) is 17.4 Å². The average Bonchev–Trinajstić information content (AvgIpc) is 3.16. The van der Waals surface area contributed by atoms with Gasteiger partial charge in [-0.15, -0.1) is 0 Å². The number of rotatable bonds is 7. The molecule has 0 atom stereocenters. The van der Waals surface area contributed by atoms with Crippen LogP contribution in [0, 0.1) is 6.92 Å². The predicted molar refractivity (Wildman–Crippen MR) is 138 cm³/mol. The Bertz CT molecular complexity index is 1410. The SMILES string of the molecule is CCC(C)(C)c1cc(C)c(OC)c(NC(=O)c2cc3cccc(Oc4ccnc(N)n4)c3n2C)c1. The van der Waals surface area contributed by atoms with E-state index in [9.17, 15) is 4.79 Å². The highest BCUT2D eigenvalue weighted by Crippen LogP contribution is 2.37. The predicted octanol–water partition coefficient (Wildman–Crippen LogP) is 5.60. The van der Waals surface area contributed by atoms with Crippen molar-refractivity contribution in [3.8, 4) is 17.4 Å². The molecule has 2 aromatic heterocycles. The normalized spacial score (nSPS) is 11.5. The van der Waals surface area contributed by atoms with Crippen LogP contribution in [0.2, 0.25) is 0 Å². The molecule has 182 valence electrons. The highest BCUT2D eigenvalue weighted by molar-refractivity contribution is 6.07. The van der Waals surface area contributed by atoms with Crippen LogP contribution in [0.1, 0.15) is 48.8 Å². The first kappa shape index (κ1) is 24.1. The molecule has 0 saturated carbocycles. The van der Waals surface area contributed by atoms with Gasteiger partial charge in [-0.1, -0.05) is 39.0 Å². The minimum absolute atomic E-state index is 0.0349. The van der Waals surface area contributed by atoms with Crippen molar-refractivity contribution >= 4 is 28.4 Å². The van der Waals surface area contributed by atoms with Gasteiger partial charge in [0.05, 0.1) is 18.3 Å². The Balaban J connectivity index is 1.72. The van der Waals surface area contributed by atoms with Gasteiger partial charge in [0.1, 0.15) is 11.4 Å². The van der Waals surface area contributed by atoms with Gasteiger partial charge < -0.3 is 25.1 Å². The van der Waals surface area contributed by atoms with Crippen molar-refractivity contribution in [2.75, 3.05) is 18.2 Å². The van der Waals surface area contributed by atoms with Crippen molar-refractivity contribution in [3.63, 3.8) is 0 Å². The lowest BCUT2D eigenvalue weighted by Gasteiger charge is -2.26. The number of nitrogens with zero attached hydrogens (tertiary/aromatic N) is 3. The van der Waals surface area contributed by atoms with Crippen molar-refractivity contribution in [2.24, 2.45) is 7.05 Å². The fourth-order valence-corrected chi connectivity index (χ4v) is 4.12. The second-order valence-electron chi connectivity index (χ2n) is 9.20. The standard InChI is InChI=1S/C27H31N5O3/c1-7-27(3,4)18-13-16(2)24(34-6)19(15-18)30-25(33)20-14-17-9-8-10-21(23(17)32(20)5)35-22-11-12-29-26(28)31-22/h8-15H,7H2,1-6H3,(H,30,33)(H2,28,29,31). The molecule has 0 unspecified atom stereocenters. The number of aromatic nitrogens is 3. The number of carbonyl (C=O) groups excluding carboxylic acids is 1. The Morgan fingerprint density at radius 1 is 1.20 bits per heavy atom. The molecule has 4 rings (SSSR count). The van der Waals surface area contributed by atoms with Gasteiger partial charge >= 0.3 is 0 Å². The third-order valence-corrected chi connectivity index (χ3v) is 6.51. The molecular formula is C27H31N5O3. The van der Waals surface area contributed by atoms with Crippen molar-refractivity contribution in [2.45, 2.75) is 39.5 Å². The third-order valence-electron chi connectivity index (χ3n) is 6.51. The number of hydrogen-bond acceptors (Lipinski definition) is 6. The van der Waals surface area contributed by atoms with Crippen LogP contribution in [0.15, 0.2) is 48.7 Å². The van der Waals surface area contributed by atoms with Gasteiger partial charge in [-0.2, -0.15) is 4.98 Å². The summed E-state index contributed by atoms with van der Waals surface area (Å²) in [5, 5.41) is 3.93. The molecule has 0 saturated heterocycles. The van der Waals surface area contributed by atoms with E-state index in [1.54, 1.807) is 13.2 Å². The van der Waals surface area contributed by atoms with Gasteiger partial charge in [-0.25, -0.2) is 4.98 Å². The topological polar surface area (TPSA) is 104 Å². The first-order valence-electron chi connectivity index (χ1n) is 11.5. The van der Waals surface area contributed by atoms with E-state index in [1.807, 2.05) is 48.9 Å². The quantitative estimate of drug-likeness (QED) is 0.362. The fraction of sp³-hybridized carbons (Fsp3) is 0.296. The van der Waals surface area contributed by atoms with E-state index in [1.165, 1.54) is 6.20 Å². The van der Waals surface area contributed by atoms with Crippen molar-refractivity contribution in [3.05, 3.63) is 65.5 Å². The van der Waals surface area contributed by atoms with Gasteiger partial charge in [-0.05, 0) is 48.1 Å². The molecule has 0 radical (unpaired) electrons. The number of anilines is 2. The van der Waals surface area contributed by atoms with Gasteiger partial charge in [-0.3, -0.25) is 4.79 Å². The molecule has 0 aliphatic rings. The summed E-state index contributed by atoms with van der Waals surface area (Å²) in [7, 11) is 3.44. The number of amides is 1. The molecule has 2 aromatic carbocycles. The molecule has 8 nitrogen and oxygen atoms in total. The van der Waals surface area contributed by atoms with E-state index in [-0.39, 0.29) is 17.3 Å². The highest BCUT2D eigenvalue weighted by Gasteiger charge is 2.23. The van der Waals surface area contributed by atoms with Crippen LogP contribution >= 0.6 is 0 Å². The van der Waals surface area contributed by atoms with Crippen molar-refractivity contribution in [1.82, 2.24) is 14.5 Å². The van der Waals surface area contributed by atoms with Crippen LogP contribution in [0.3, 0.4) is 0 Å². The molecule has 0 spiro atoms. The number of nitrogen functional groups attached to an aromatic ring is 1. The maximum Gasteiger partial charge on any atom is 0.272 e. The molecule has 2 heterocycles. The Hall–Kier alpha value is -4.07. The summed E-state index contributed by atoms with van der Waals surface area (Å²) >= 11 is 0. The summed E-state index contributed by atoms with van der Waals surface area (Å²) in [4.78, 5) is 21.5. The first-order valence-corrected chi connectivity index (χ1v) is 11.5. The Morgan fingerprint density at radius 2 is 1.97 bits per heavy atom. The van der Waals surface area contributed by atoms with Gasteiger partial charge in [0.25, 0.3) is 5.91 Å². The van der Waals surface area contributed by atoms with Gasteiger partial charge in [0.15, 0.2) is 5.75 Å². The average molecular weight is 474 g/mol. The number of hydrogen-bond donors (Lipinski definition) is 2. The summed E-state index contributed by atoms with van der Waals surface area (Å²) in [6.07, 6.45) is 2.50. The number of benzene rings is 2. The third kappa shape index (κ3) is 4.64. The monoisotopic (exact) mass is 473 g/mol. The Labute approximate surface area is 205 Å². The smallest absolute Gasteiger partial charge is 0.272 e. The lowest BCUT2D eigenvalue weighted by Crippen LogP contribution is -2.19. The summed E-state index contributed by atoms with van der Waals surface area (Å²) in [5.74, 6) is 1.41. The Morgan fingerprint density at radius 3 is 2.66 bits per heavy atom. The van der Waals surface area contributed by atoms with E-state index in [0.29, 0.717) is 28.8 Å². The van der Waals surface area contributed by atoms with Crippen LogP contribution in [-0.4, -0.2) is 27.6 Å². The van der Waals surface area contributed by atoms with Crippen LogP contribution < -0.4 is 20.5 Å². The molecule has 8 heteroatoms. The van der Waals surface area contributed by atoms with Crippen molar-refractivity contribution in [1.29, 1.82) is 0 Å². The van der Waals surface area contributed by atoms with Crippen LogP contribution in [0.4, 0.5) is 11.6 Å². The molecule has 35 heavy (non-hydrogen) atoms. The fourth-order valence-electron chi connectivity index (χ4n) is 4.12. The maximum atomic E-state index is 13.5. The number of methoxy groups -OCH3 is 1. The minimum Gasteiger partial charge on any atom is -0.494 e. The summed E-state index contributed by atoms with van der Waals surface area (Å²) < 4.78 is 13.4. The summed E-state index contributed by atoms with van der Waals surface area (Å²) in [5.41, 5.74) is 9.65. The molecule has 0 aliphatic carbocycles. The maximum absolute atomic E-state index is 13.5. The largest absolute Gasteiger partial charge is 0.494 e. The molecule has 0 fully saturated rings. The molecule has 0 aliphatic heterocycles. The zero-order chi connectivity index (χ0) is 25.3. The number of nitrogens with one attached hydrogen (secondary N) is 1. The second kappa shape index (κ2) is 9.29. The number of nitrogens with two attached hydrogens (primary N) is 1. The molecule has 1 amide bonds. The van der Waals surface area contributed by atoms with Crippen molar-refractivity contribution < 1.29 is 14.3 Å². The molecule has 0 bridgehead atoms. The molecule has 4 aromatic rings. The van der Waals surface area contributed by atoms with E-state index in [4.69, 9.17) is 15.2 Å².